The van der Waals surface area contributed by atoms with E-state index in [-0.39, 0.29) is 23.6 Å². The standard InChI is InChI=1S/C25H29N3O3/c1-3-17(2)24(30)28-22-6-4-5-19(15-22)16-26-23(29)14-9-18-7-10-20(11-8-18)25(31)27-21-12-13-21/h4-11,14-15,17,21H,3,12-13,16H2,1-2H3,(H,26,29)(H,27,31)(H,28,30)/b14-9+. The normalized spacial score (nSPS) is 14.1. The zero-order valence-corrected chi connectivity index (χ0v) is 18.0. The second kappa shape index (κ2) is 10.6. The minimum absolute atomic E-state index is 0.0114. The molecule has 0 spiro atoms. The summed E-state index contributed by atoms with van der Waals surface area (Å²) in [5, 5.41) is 8.69. The van der Waals surface area contributed by atoms with Crippen molar-refractivity contribution >= 4 is 29.5 Å². The van der Waals surface area contributed by atoms with Crippen LogP contribution >= 0.6 is 0 Å². The minimum Gasteiger partial charge on any atom is -0.349 e. The Kier molecular flexibility index (Phi) is 7.60. The van der Waals surface area contributed by atoms with Gasteiger partial charge in [0, 0.05) is 35.8 Å². The molecule has 3 rings (SSSR count). The van der Waals surface area contributed by atoms with Gasteiger partial charge in [0.1, 0.15) is 0 Å². The SMILES string of the molecule is CCC(C)C(=O)Nc1cccc(CNC(=O)/C=C/c2ccc(C(=O)NC3CC3)cc2)c1. The highest BCUT2D eigenvalue weighted by Crippen LogP contribution is 2.19. The Morgan fingerprint density at radius 2 is 1.84 bits per heavy atom. The van der Waals surface area contributed by atoms with Crippen molar-refractivity contribution < 1.29 is 14.4 Å². The summed E-state index contributed by atoms with van der Waals surface area (Å²) in [7, 11) is 0. The Labute approximate surface area is 183 Å². The van der Waals surface area contributed by atoms with Crippen molar-refractivity contribution in [1.29, 1.82) is 0 Å². The molecule has 2 aromatic carbocycles. The van der Waals surface area contributed by atoms with E-state index in [1.807, 2.05) is 50.2 Å². The first-order chi connectivity index (χ1) is 14.9. The third-order valence-corrected chi connectivity index (χ3v) is 5.23. The van der Waals surface area contributed by atoms with Crippen LogP contribution in [0.1, 0.15) is 54.6 Å². The van der Waals surface area contributed by atoms with Crippen LogP contribution in [-0.2, 0) is 16.1 Å². The van der Waals surface area contributed by atoms with Gasteiger partial charge >= 0.3 is 0 Å². The molecule has 1 fully saturated rings. The molecule has 1 aliphatic rings. The van der Waals surface area contributed by atoms with Gasteiger partial charge in [0.25, 0.3) is 5.91 Å². The molecule has 3 N–H and O–H groups in total. The topological polar surface area (TPSA) is 87.3 Å². The first-order valence-electron chi connectivity index (χ1n) is 10.7. The summed E-state index contributed by atoms with van der Waals surface area (Å²) in [6.07, 6.45) is 6.07. The predicted octanol–water partition coefficient (Wildman–Crippen LogP) is 3.89. The van der Waals surface area contributed by atoms with Gasteiger partial charge in [-0.1, -0.05) is 38.1 Å². The Bertz CT molecular complexity index is 962. The summed E-state index contributed by atoms with van der Waals surface area (Å²) in [6, 6.07) is 14.9. The van der Waals surface area contributed by atoms with E-state index in [4.69, 9.17) is 0 Å². The largest absolute Gasteiger partial charge is 0.349 e. The molecular weight excluding hydrogens is 390 g/mol. The van der Waals surface area contributed by atoms with Crippen molar-refractivity contribution in [3.05, 3.63) is 71.3 Å². The van der Waals surface area contributed by atoms with Crippen LogP contribution in [0.2, 0.25) is 0 Å². The first-order valence-corrected chi connectivity index (χ1v) is 10.7. The lowest BCUT2D eigenvalue weighted by Gasteiger charge is -2.11. The van der Waals surface area contributed by atoms with E-state index in [0.29, 0.717) is 18.2 Å². The average Bonchev–Trinajstić information content (AvgIpc) is 3.60. The Hall–Kier alpha value is -3.41. The first kappa shape index (κ1) is 22.3. The molecule has 0 heterocycles. The molecule has 162 valence electrons. The molecule has 0 saturated heterocycles. The number of carbonyl (C=O) groups excluding carboxylic acids is 3. The van der Waals surface area contributed by atoms with Crippen LogP contribution in [0.4, 0.5) is 5.69 Å². The van der Waals surface area contributed by atoms with E-state index in [1.54, 1.807) is 18.2 Å². The van der Waals surface area contributed by atoms with Gasteiger partial charge in [-0.3, -0.25) is 14.4 Å². The predicted molar refractivity (Wildman–Crippen MR) is 122 cm³/mol. The van der Waals surface area contributed by atoms with Gasteiger partial charge in [0.15, 0.2) is 0 Å². The molecular formula is C25H29N3O3. The van der Waals surface area contributed by atoms with Crippen LogP contribution in [-0.4, -0.2) is 23.8 Å². The lowest BCUT2D eigenvalue weighted by Crippen LogP contribution is -2.25. The van der Waals surface area contributed by atoms with Crippen LogP contribution in [0.15, 0.2) is 54.6 Å². The van der Waals surface area contributed by atoms with Gasteiger partial charge in [0.05, 0.1) is 0 Å². The highest BCUT2D eigenvalue weighted by Gasteiger charge is 2.23. The van der Waals surface area contributed by atoms with Crippen LogP contribution < -0.4 is 16.0 Å². The van der Waals surface area contributed by atoms with Crippen molar-refractivity contribution in [1.82, 2.24) is 10.6 Å². The van der Waals surface area contributed by atoms with Gasteiger partial charge in [-0.05, 0) is 60.7 Å². The number of hydrogen-bond donors (Lipinski definition) is 3. The molecule has 1 atom stereocenters. The molecule has 3 amide bonds. The lowest BCUT2D eigenvalue weighted by molar-refractivity contribution is -0.119. The fourth-order valence-corrected chi connectivity index (χ4v) is 2.87. The van der Waals surface area contributed by atoms with Gasteiger partial charge < -0.3 is 16.0 Å². The van der Waals surface area contributed by atoms with E-state index in [2.05, 4.69) is 16.0 Å². The summed E-state index contributed by atoms with van der Waals surface area (Å²) in [4.78, 5) is 36.2. The van der Waals surface area contributed by atoms with Crippen molar-refractivity contribution in [3.8, 4) is 0 Å². The summed E-state index contributed by atoms with van der Waals surface area (Å²) in [5.74, 6) is -0.333. The van der Waals surface area contributed by atoms with Crippen LogP contribution in [0.25, 0.3) is 6.08 Å². The van der Waals surface area contributed by atoms with Crippen LogP contribution in [0.5, 0.6) is 0 Å². The van der Waals surface area contributed by atoms with E-state index in [0.717, 1.165) is 36.1 Å². The molecule has 31 heavy (non-hydrogen) atoms. The summed E-state index contributed by atoms with van der Waals surface area (Å²) >= 11 is 0. The van der Waals surface area contributed by atoms with Crippen molar-refractivity contribution in [2.45, 2.75) is 45.7 Å². The highest BCUT2D eigenvalue weighted by atomic mass is 16.2. The monoisotopic (exact) mass is 419 g/mol. The number of nitrogens with one attached hydrogen (secondary N) is 3. The maximum Gasteiger partial charge on any atom is 0.251 e. The molecule has 0 aromatic heterocycles. The molecule has 1 unspecified atom stereocenters. The van der Waals surface area contributed by atoms with Crippen molar-refractivity contribution in [3.63, 3.8) is 0 Å². The third-order valence-electron chi connectivity index (χ3n) is 5.23. The van der Waals surface area contributed by atoms with Crippen LogP contribution in [0.3, 0.4) is 0 Å². The van der Waals surface area contributed by atoms with Gasteiger partial charge in [-0.2, -0.15) is 0 Å². The highest BCUT2D eigenvalue weighted by molar-refractivity contribution is 5.95. The molecule has 0 radical (unpaired) electrons. The number of hydrogen-bond acceptors (Lipinski definition) is 3. The van der Waals surface area contributed by atoms with Crippen LogP contribution in [0, 0.1) is 5.92 Å². The summed E-state index contributed by atoms with van der Waals surface area (Å²) in [6.45, 7) is 4.22. The molecule has 0 aliphatic heterocycles. The van der Waals surface area contributed by atoms with E-state index >= 15 is 0 Å². The third kappa shape index (κ3) is 7.10. The number of anilines is 1. The summed E-state index contributed by atoms with van der Waals surface area (Å²) < 4.78 is 0. The zero-order valence-electron chi connectivity index (χ0n) is 18.0. The molecule has 6 nitrogen and oxygen atoms in total. The maximum absolute atomic E-state index is 12.2. The molecule has 1 saturated carbocycles. The van der Waals surface area contributed by atoms with E-state index < -0.39 is 0 Å². The smallest absolute Gasteiger partial charge is 0.251 e. The number of amides is 3. The van der Waals surface area contributed by atoms with Crippen molar-refractivity contribution in [2.24, 2.45) is 5.92 Å². The quantitative estimate of drug-likeness (QED) is 0.539. The Morgan fingerprint density at radius 1 is 1.10 bits per heavy atom. The number of benzene rings is 2. The molecule has 6 heteroatoms. The second-order valence-electron chi connectivity index (χ2n) is 7.92. The number of rotatable bonds is 9. The Morgan fingerprint density at radius 3 is 2.52 bits per heavy atom. The number of carbonyl (C=O) groups is 3. The van der Waals surface area contributed by atoms with Gasteiger partial charge in [-0.15, -0.1) is 0 Å². The lowest BCUT2D eigenvalue weighted by atomic mass is 10.1. The molecule has 0 bridgehead atoms. The van der Waals surface area contributed by atoms with Gasteiger partial charge in [0.2, 0.25) is 11.8 Å². The second-order valence-corrected chi connectivity index (χ2v) is 7.92. The van der Waals surface area contributed by atoms with E-state index in [9.17, 15) is 14.4 Å². The molecule has 1 aliphatic carbocycles. The fraction of sp³-hybridized carbons (Fsp3) is 0.320. The maximum atomic E-state index is 12.2. The van der Waals surface area contributed by atoms with E-state index in [1.165, 1.54) is 6.08 Å². The minimum atomic E-state index is -0.218. The average molecular weight is 420 g/mol. The molecule has 2 aromatic rings. The Balaban J connectivity index is 1.48. The fourth-order valence-electron chi connectivity index (χ4n) is 2.87. The zero-order chi connectivity index (χ0) is 22.2. The summed E-state index contributed by atoms with van der Waals surface area (Å²) in [5.41, 5.74) is 3.08. The van der Waals surface area contributed by atoms with Crippen molar-refractivity contribution in [2.75, 3.05) is 5.32 Å². The van der Waals surface area contributed by atoms with Gasteiger partial charge in [-0.25, -0.2) is 0 Å².